The van der Waals surface area contributed by atoms with Gasteiger partial charge in [-0.1, -0.05) is 17.7 Å². The van der Waals surface area contributed by atoms with E-state index in [4.69, 9.17) is 16.0 Å². The number of halogens is 1. The van der Waals surface area contributed by atoms with Crippen LogP contribution in [0.25, 0.3) is 11.5 Å². The molecule has 0 spiro atoms. The first-order valence-corrected chi connectivity index (χ1v) is 7.68. The van der Waals surface area contributed by atoms with Crippen LogP contribution < -0.4 is 0 Å². The molecule has 0 saturated heterocycles. The van der Waals surface area contributed by atoms with Crippen molar-refractivity contribution in [3.8, 4) is 11.5 Å². The highest BCUT2D eigenvalue weighted by atomic mass is 35.5. The van der Waals surface area contributed by atoms with Gasteiger partial charge in [-0.15, -0.1) is 0 Å². The number of oxazole rings is 1. The molecular formula is C17H14ClN3O. The number of nitrogens with zero attached hydrogens (tertiary/aromatic N) is 3. The van der Waals surface area contributed by atoms with Gasteiger partial charge in [0.1, 0.15) is 5.76 Å². The average molecular weight is 312 g/mol. The van der Waals surface area contributed by atoms with Crippen molar-refractivity contribution in [2.45, 2.75) is 25.2 Å². The first-order valence-electron chi connectivity index (χ1n) is 7.30. The Morgan fingerprint density at radius 2 is 2.18 bits per heavy atom. The van der Waals surface area contributed by atoms with Gasteiger partial charge in [-0.3, -0.25) is 9.97 Å². The molecule has 4 nitrogen and oxygen atoms in total. The number of aryl methyl sites for hydroxylation is 1. The molecule has 0 aliphatic heterocycles. The molecule has 0 fully saturated rings. The molecule has 1 aliphatic rings. The Morgan fingerprint density at radius 1 is 1.23 bits per heavy atom. The van der Waals surface area contributed by atoms with Gasteiger partial charge in [0.05, 0.1) is 11.4 Å². The molecule has 0 saturated carbocycles. The summed E-state index contributed by atoms with van der Waals surface area (Å²) in [6, 6.07) is 7.59. The van der Waals surface area contributed by atoms with Crippen molar-refractivity contribution in [3.05, 3.63) is 65.0 Å². The van der Waals surface area contributed by atoms with Gasteiger partial charge in [-0.2, -0.15) is 0 Å². The fourth-order valence-corrected chi connectivity index (χ4v) is 3.09. The Morgan fingerprint density at radius 3 is 3.00 bits per heavy atom. The lowest BCUT2D eigenvalue weighted by Gasteiger charge is -2.18. The lowest BCUT2D eigenvalue weighted by molar-refractivity contribution is 0.461. The van der Waals surface area contributed by atoms with Crippen LogP contribution in [-0.4, -0.2) is 15.0 Å². The van der Waals surface area contributed by atoms with Crippen molar-refractivity contribution >= 4 is 11.6 Å². The summed E-state index contributed by atoms with van der Waals surface area (Å²) in [5.41, 5.74) is 2.97. The van der Waals surface area contributed by atoms with E-state index in [9.17, 15) is 0 Å². The second-order valence-corrected chi connectivity index (χ2v) is 5.91. The van der Waals surface area contributed by atoms with Gasteiger partial charge in [0, 0.05) is 47.9 Å². The van der Waals surface area contributed by atoms with Gasteiger partial charge in [0.25, 0.3) is 0 Å². The molecule has 0 N–H and O–H groups in total. The zero-order valence-electron chi connectivity index (χ0n) is 11.9. The fourth-order valence-electron chi connectivity index (χ4n) is 2.90. The van der Waals surface area contributed by atoms with Gasteiger partial charge in [0.2, 0.25) is 5.89 Å². The van der Waals surface area contributed by atoms with Crippen LogP contribution in [0.15, 0.2) is 47.3 Å². The predicted molar refractivity (Wildman–Crippen MR) is 83.7 cm³/mol. The standard InChI is InChI=1S/C17H14ClN3O/c18-13-3-1-2-12(8-13)17-21-14-9-11(4-5-16(14)22-17)15-10-19-6-7-20-15/h1-3,6-8,10-11H,4-5,9H2. The molecule has 2 aromatic heterocycles. The third-order valence-corrected chi connectivity index (χ3v) is 4.25. The van der Waals surface area contributed by atoms with E-state index in [-0.39, 0.29) is 0 Å². The van der Waals surface area contributed by atoms with E-state index in [2.05, 4.69) is 15.0 Å². The zero-order chi connectivity index (χ0) is 14.9. The Kier molecular flexibility index (Phi) is 3.39. The van der Waals surface area contributed by atoms with E-state index in [1.54, 1.807) is 12.4 Å². The van der Waals surface area contributed by atoms with Crippen LogP contribution in [0.3, 0.4) is 0 Å². The summed E-state index contributed by atoms with van der Waals surface area (Å²) in [7, 11) is 0. The number of hydrogen-bond donors (Lipinski definition) is 0. The van der Waals surface area contributed by atoms with E-state index in [1.807, 2.05) is 30.5 Å². The second-order valence-electron chi connectivity index (χ2n) is 5.47. The second kappa shape index (κ2) is 5.54. The Hall–Kier alpha value is -2.20. The molecule has 22 heavy (non-hydrogen) atoms. The van der Waals surface area contributed by atoms with E-state index in [0.717, 1.165) is 42.0 Å². The van der Waals surface area contributed by atoms with Crippen molar-refractivity contribution in [3.63, 3.8) is 0 Å². The number of fused-ring (bicyclic) bond motifs is 1. The topological polar surface area (TPSA) is 51.8 Å². The molecule has 0 amide bonds. The minimum Gasteiger partial charge on any atom is -0.441 e. The Balaban J connectivity index is 1.64. The first kappa shape index (κ1) is 13.5. The highest BCUT2D eigenvalue weighted by Crippen LogP contribution is 2.34. The van der Waals surface area contributed by atoms with Crippen LogP contribution in [0.1, 0.15) is 29.5 Å². The SMILES string of the molecule is Clc1cccc(-c2nc3c(o2)CCC(c2cnccn2)C3)c1. The number of benzene rings is 1. The monoisotopic (exact) mass is 311 g/mol. The molecule has 3 aromatic rings. The maximum atomic E-state index is 6.04. The highest BCUT2D eigenvalue weighted by Gasteiger charge is 2.26. The molecule has 5 heteroatoms. The molecule has 4 rings (SSSR count). The molecule has 1 aromatic carbocycles. The van der Waals surface area contributed by atoms with Crippen LogP contribution >= 0.6 is 11.6 Å². The van der Waals surface area contributed by atoms with E-state index < -0.39 is 0 Å². The van der Waals surface area contributed by atoms with Crippen molar-refractivity contribution in [2.75, 3.05) is 0 Å². The summed E-state index contributed by atoms with van der Waals surface area (Å²) < 4.78 is 5.93. The molecule has 2 heterocycles. The van der Waals surface area contributed by atoms with Crippen molar-refractivity contribution in [1.82, 2.24) is 15.0 Å². The van der Waals surface area contributed by atoms with E-state index in [0.29, 0.717) is 16.8 Å². The normalized spacial score (nSPS) is 17.2. The molecular weight excluding hydrogens is 298 g/mol. The molecule has 1 unspecified atom stereocenters. The van der Waals surface area contributed by atoms with Gasteiger partial charge < -0.3 is 4.42 Å². The van der Waals surface area contributed by atoms with Gasteiger partial charge in [0.15, 0.2) is 0 Å². The minimum atomic E-state index is 0.360. The average Bonchev–Trinajstić information content (AvgIpc) is 2.99. The van der Waals surface area contributed by atoms with Crippen molar-refractivity contribution in [1.29, 1.82) is 0 Å². The van der Waals surface area contributed by atoms with E-state index in [1.165, 1.54) is 0 Å². The van der Waals surface area contributed by atoms with E-state index >= 15 is 0 Å². The summed E-state index contributed by atoms with van der Waals surface area (Å²) in [6.45, 7) is 0. The van der Waals surface area contributed by atoms with Gasteiger partial charge in [-0.05, 0) is 24.6 Å². The molecule has 1 aliphatic carbocycles. The van der Waals surface area contributed by atoms with Crippen molar-refractivity contribution < 1.29 is 4.42 Å². The summed E-state index contributed by atoms with van der Waals surface area (Å²) >= 11 is 6.04. The van der Waals surface area contributed by atoms with Gasteiger partial charge in [-0.25, -0.2) is 4.98 Å². The van der Waals surface area contributed by atoms with Crippen LogP contribution in [0, 0.1) is 0 Å². The van der Waals surface area contributed by atoms with Crippen LogP contribution in [0.4, 0.5) is 0 Å². The minimum absolute atomic E-state index is 0.360. The third-order valence-electron chi connectivity index (χ3n) is 4.01. The molecule has 0 bridgehead atoms. The van der Waals surface area contributed by atoms with Crippen molar-refractivity contribution in [2.24, 2.45) is 0 Å². The van der Waals surface area contributed by atoms with Crippen LogP contribution in [-0.2, 0) is 12.8 Å². The lowest BCUT2D eigenvalue weighted by atomic mass is 9.88. The predicted octanol–water partition coefficient (Wildman–Crippen LogP) is 4.06. The first-order chi connectivity index (χ1) is 10.8. The quantitative estimate of drug-likeness (QED) is 0.716. The number of hydrogen-bond acceptors (Lipinski definition) is 4. The maximum Gasteiger partial charge on any atom is 0.226 e. The molecule has 0 radical (unpaired) electrons. The molecule has 110 valence electrons. The smallest absolute Gasteiger partial charge is 0.226 e. The Bertz CT molecular complexity index is 801. The largest absolute Gasteiger partial charge is 0.441 e. The molecule has 1 atom stereocenters. The summed E-state index contributed by atoms with van der Waals surface area (Å²) in [5.74, 6) is 1.99. The van der Waals surface area contributed by atoms with Crippen LogP contribution in [0.2, 0.25) is 5.02 Å². The summed E-state index contributed by atoms with van der Waals surface area (Å²) in [5, 5.41) is 0.686. The maximum absolute atomic E-state index is 6.04. The number of aromatic nitrogens is 3. The Labute approximate surface area is 133 Å². The fraction of sp³-hybridized carbons (Fsp3) is 0.235. The van der Waals surface area contributed by atoms with Gasteiger partial charge >= 0.3 is 0 Å². The zero-order valence-corrected chi connectivity index (χ0v) is 12.6. The number of rotatable bonds is 2. The lowest BCUT2D eigenvalue weighted by Crippen LogP contribution is -2.13. The third kappa shape index (κ3) is 2.50. The summed E-state index contributed by atoms with van der Waals surface area (Å²) in [4.78, 5) is 13.2. The highest BCUT2D eigenvalue weighted by molar-refractivity contribution is 6.30. The summed E-state index contributed by atoms with van der Waals surface area (Å²) in [6.07, 6.45) is 8.02. The van der Waals surface area contributed by atoms with Crippen LogP contribution in [0.5, 0.6) is 0 Å².